The van der Waals surface area contributed by atoms with Gasteiger partial charge in [-0.1, -0.05) is 0 Å². The summed E-state index contributed by atoms with van der Waals surface area (Å²) < 4.78 is 4.81. The minimum Gasteiger partial charge on any atom is -0.465 e. The molecule has 88 valence electrons. The number of ether oxygens (including phenoxy) is 1. The van der Waals surface area contributed by atoms with Gasteiger partial charge in [0.05, 0.1) is 24.5 Å². The fraction of sp³-hybridized carbons (Fsp3) is 0.455. The van der Waals surface area contributed by atoms with E-state index < -0.39 is 0 Å². The summed E-state index contributed by atoms with van der Waals surface area (Å²) in [4.78, 5) is 15.3. The minimum atomic E-state index is -0.274. The number of rotatable bonds is 5. The van der Waals surface area contributed by atoms with Crippen molar-refractivity contribution in [2.45, 2.75) is 19.9 Å². The fourth-order valence-electron chi connectivity index (χ4n) is 1.34. The second kappa shape index (κ2) is 6.07. The number of anilines is 1. The largest absolute Gasteiger partial charge is 0.465 e. The van der Waals surface area contributed by atoms with Crippen LogP contribution in [0.25, 0.3) is 0 Å². The Morgan fingerprint density at radius 2 is 2.44 bits per heavy atom. The van der Waals surface area contributed by atoms with Crippen molar-refractivity contribution in [2.75, 3.05) is 18.9 Å². The molecule has 5 nitrogen and oxygen atoms in total. The molecular weight excluding hydrogens is 206 g/mol. The van der Waals surface area contributed by atoms with Gasteiger partial charge in [0, 0.05) is 12.2 Å². The average molecular weight is 223 g/mol. The molecule has 0 radical (unpaired) electrons. The Morgan fingerprint density at radius 1 is 1.69 bits per heavy atom. The second-order valence-electron chi connectivity index (χ2n) is 3.39. The standard InChI is InChI=1S/C11H17N3O2/c1-3-16-10(15)7-14-8(2)11-9(12)5-4-6-13-11/h4-6,8,14H,3,7,12H2,1-2H3. The molecular formula is C11H17N3O2. The van der Waals surface area contributed by atoms with Crippen LogP contribution in [0.5, 0.6) is 0 Å². The molecule has 0 amide bonds. The maximum Gasteiger partial charge on any atom is 0.319 e. The van der Waals surface area contributed by atoms with Crippen LogP contribution in [0.1, 0.15) is 25.6 Å². The van der Waals surface area contributed by atoms with E-state index in [-0.39, 0.29) is 18.6 Å². The van der Waals surface area contributed by atoms with E-state index in [1.807, 2.05) is 6.92 Å². The van der Waals surface area contributed by atoms with Crippen molar-refractivity contribution in [1.82, 2.24) is 10.3 Å². The molecule has 1 aromatic rings. The lowest BCUT2D eigenvalue weighted by molar-refractivity contribution is -0.142. The zero-order valence-corrected chi connectivity index (χ0v) is 9.56. The minimum absolute atomic E-state index is 0.0781. The van der Waals surface area contributed by atoms with Gasteiger partial charge in [0.1, 0.15) is 0 Å². The topological polar surface area (TPSA) is 77.2 Å². The smallest absolute Gasteiger partial charge is 0.319 e. The summed E-state index contributed by atoms with van der Waals surface area (Å²) in [5.74, 6) is -0.274. The monoisotopic (exact) mass is 223 g/mol. The molecule has 1 unspecified atom stereocenters. The van der Waals surface area contributed by atoms with Crippen molar-refractivity contribution in [2.24, 2.45) is 0 Å². The van der Waals surface area contributed by atoms with Crippen molar-refractivity contribution in [3.8, 4) is 0 Å². The first kappa shape index (κ1) is 12.4. The number of esters is 1. The van der Waals surface area contributed by atoms with Gasteiger partial charge in [-0.3, -0.25) is 15.1 Å². The number of pyridine rings is 1. The second-order valence-corrected chi connectivity index (χ2v) is 3.39. The molecule has 1 heterocycles. The number of hydrogen-bond donors (Lipinski definition) is 2. The Morgan fingerprint density at radius 3 is 3.06 bits per heavy atom. The molecule has 0 aliphatic rings. The third-order valence-electron chi connectivity index (χ3n) is 2.14. The van der Waals surface area contributed by atoms with Crippen LogP contribution in [0.2, 0.25) is 0 Å². The first-order valence-corrected chi connectivity index (χ1v) is 5.24. The number of aromatic nitrogens is 1. The molecule has 3 N–H and O–H groups in total. The highest BCUT2D eigenvalue weighted by Gasteiger charge is 2.11. The summed E-state index contributed by atoms with van der Waals surface area (Å²) in [6.45, 7) is 4.22. The molecule has 1 atom stereocenters. The molecule has 0 aliphatic carbocycles. The highest BCUT2D eigenvalue weighted by Crippen LogP contribution is 2.15. The van der Waals surface area contributed by atoms with E-state index in [4.69, 9.17) is 10.5 Å². The van der Waals surface area contributed by atoms with E-state index in [9.17, 15) is 4.79 Å². The number of nitrogens with two attached hydrogens (primary N) is 1. The SMILES string of the molecule is CCOC(=O)CNC(C)c1ncccc1N. The van der Waals surface area contributed by atoms with E-state index in [1.54, 1.807) is 25.3 Å². The Labute approximate surface area is 95.0 Å². The van der Waals surface area contributed by atoms with Crippen LogP contribution in [0.15, 0.2) is 18.3 Å². The van der Waals surface area contributed by atoms with Gasteiger partial charge in [-0.05, 0) is 26.0 Å². The molecule has 5 heteroatoms. The van der Waals surface area contributed by atoms with Gasteiger partial charge in [0.25, 0.3) is 0 Å². The van der Waals surface area contributed by atoms with Crippen LogP contribution in [-0.2, 0) is 9.53 Å². The summed E-state index contributed by atoms with van der Waals surface area (Å²) in [7, 11) is 0. The van der Waals surface area contributed by atoms with Crippen molar-refractivity contribution >= 4 is 11.7 Å². The molecule has 1 aromatic heterocycles. The Bertz CT molecular complexity index is 355. The van der Waals surface area contributed by atoms with Gasteiger partial charge < -0.3 is 10.5 Å². The van der Waals surface area contributed by atoms with Crippen molar-refractivity contribution in [3.05, 3.63) is 24.0 Å². The summed E-state index contributed by atoms with van der Waals surface area (Å²) >= 11 is 0. The summed E-state index contributed by atoms with van der Waals surface area (Å²) in [6.07, 6.45) is 1.67. The van der Waals surface area contributed by atoms with Crippen LogP contribution < -0.4 is 11.1 Å². The zero-order chi connectivity index (χ0) is 12.0. The van der Waals surface area contributed by atoms with Crippen molar-refractivity contribution < 1.29 is 9.53 Å². The molecule has 16 heavy (non-hydrogen) atoms. The molecule has 0 spiro atoms. The number of nitrogen functional groups attached to an aromatic ring is 1. The van der Waals surface area contributed by atoms with Gasteiger partial charge in [0.2, 0.25) is 0 Å². The summed E-state index contributed by atoms with van der Waals surface area (Å²) in [5.41, 5.74) is 7.13. The number of carbonyl (C=O) groups excluding carboxylic acids is 1. The molecule has 0 fully saturated rings. The van der Waals surface area contributed by atoms with Crippen molar-refractivity contribution in [3.63, 3.8) is 0 Å². The number of nitrogens with one attached hydrogen (secondary N) is 1. The number of nitrogens with zero attached hydrogens (tertiary/aromatic N) is 1. The summed E-state index contributed by atoms with van der Waals surface area (Å²) in [6, 6.07) is 3.48. The van der Waals surface area contributed by atoms with E-state index >= 15 is 0 Å². The third-order valence-corrected chi connectivity index (χ3v) is 2.14. The molecule has 0 saturated carbocycles. The first-order chi connectivity index (χ1) is 7.65. The zero-order valence-electron chi connectivity index (χ0n) is 9.56. The Hall–Kier alpha value is -1.62. The maximum atomic E-state index is 11.1. The molecule has 0 bridgehead atoms. The van der Waals surface area contributed by atoms with E-state index in [0.717, 1.165) is 5.69 Å². The van der Waals surface area contributed by atoms with E-state index in [2.05, 4.69) is 10.3 Å². The third kappa shape index (κ3) is 3.51. The maximum absolute atomic E-state index is 11.1. The summed E-state index contributed by atoms with van der Waals surface area (Å²) in [5, 5.41) is 3.01. The van der Waals surface area contributed by atoms with E-state index in [0.29, 0.717) is 12.3 Å². The molecule has 0 aromatic carbocycles. The lowest BCUT2D eigenvalue weighted by Crippen LogP contribution is -2.28. The number of hydrogen-bond acceptors (Lipinski definition) is 5. The van der Waals surface area contributed by atoms with Gasteiger partial charge in [-0.2, -0.15) is 0 Å². The predicted octanol–water partition coefficient (Wildman–Crippen LogP) is 0.877. The number of carbonyl (C=O) groups is 1. The van der Waals surface area contributed by atoms with E-state index in [1.165, 1.54) is 0 Å². The van der Waals surface area contributed by atoms with Gasteiger partial charge in [0.15, 0.2) is 0 Å². The van der Waals surface area contributed by atoms with Crippen LogP contribution >= 0.6 is 0 Å². The van der Waals surface area contributed by atoms with Crippen molar-refractivity contribution in [1.29, 1.82) is 0 Å². The highest BCUT2D eigenvalue weighted by molar-refractivity contribution is 5.71. The van der Waals surface area contributed by atoms with Gasteiger partial charge in [-0.15, -0.1) is 0 Å². The van der Waals surface area contributed by atoms with Gasteiger partial charge in [-0.25, -0.2) is 0 Å². The first-order valence-electron chi connectivity index (χ1n) is 5.24. The molecule has 1 rings (SSSR count). The molecule has 0 aliphatic heterocycles. The lowest BCUT2D eigenvalue weighted by Gasteiger charge is -2.14. The lowest BCUT2D eigenvalue weighted by atomic mass is 10.2. The highest BCUT2D eigenvalue weighted by atomic mass is 16.5. The normalized spacial score (nSPS) is 12.1. The van der Waals surface area contributed by atoms with Crippen LogP contribution in [-0.4, -0.2) is 24.1 Å². The van der Waals surface area contributed by atoms with Crippen LogP contribution in [0, 0.1) is 0 Å². The fourth-order valence-corrected chi connectivity index (χ4v) is 1.34. The van der Waals surface area contributed by atoms with Crippen LogP contribution in [0.3, 0.4) is 0 Å². The Balaban J connectivity index is 2.50. The van der Waals surface area contributed by atoms with Crippen LogP contribution in [0.4, 0.5) is 5.69 Å². The average Bonchev–Trinajstić information content (AvgIpc) is 2.27. The molecule has 0 saturated heterocycles. The Kier molecular flexibility index (Phi) is 4.72. The quantitative estimate of drug-likeness (QED) is 0.724. The predicted molar refractivity (Wildman–Crippen MR) is 61.7 cm³/mol. The van der Waals surface area contributed by atoms with Gasteiger partial charge >= 0.3 is 5.97 Å².